The van der Waals surface area contributed by atoms with E-state index in [1.165, 1.54) is 12.8 Å². The fourth-order valence-corrected chi connectivity index (χ4v) is 2.85. The van der Waals surface area contributed by atoms with Crippen LogP contribution in [0.25, 0.3) is 0 Å². The molecule has 2 rings (SSSR count). The molecule has 0 bridgehead atoms. The smallest absolute Gasteiger partial charge is 0.224 e. The first kappa shape index (κ1) is 13.4. The Morgan fingerprint density at radius 2 is 1.94 bits per heavy atom. The van der Waals surface area contributed by atoms with Gasteiger partial charge >= 0.3 is 0 Å². The van der Waals surface area contributed by atoms with E-state index in [1.54, 1.807) is 0 Å². The molecule has 18 heavy (non-hydrogen) atoms. The molecule has 0 saturated heterocycles. The van der Waals surface area contributed by atoms with Crippen LogP contribution in [0.3, 0.4) is 0 Å². The molecule has 1 N–H and O–H groups in total. The van der Waals surface area contributed by atoms with Gasteiger partial charge in [0, 0.05) is 11.9 Å². The molecule has 98 valence electrons. The van der Waals surface area contributed by atoms with Crippen molar-refractivity contribution >= 4 is 17.5 Å². The van der Waals surface area contributed by atoms with Crippen LogP contribution in [0.4, 0.5) is 0 Å². The fourth-order valence-electron chi connectivity index (χ4n) is 2.48. The monoisotopic (exact) mass is 265 g/mol. The van der Waals surface area contributed by atoms with E-state index in [1.807, 2.05) is 30.3 Å². The number of alkyl halides is 1. The van der Waals surface area contributed by atoms with Gasteiger partial charge in [0.05, 0.1) is 6.42 Å². The highest BCUT2D eigenvalue weighted by atomic mass is 35.5. The molecule has 1 aromatic carbocycles. The molecule has 1 aromatic rings. The third kappa shape index (κ3) is 4.02. The van der Waals surface area contributed by atoms with Gasteiger partial charge in [-0.3, -0.25) is 4.79 Å². The van der Waals surface area contributed by atoms with Gasteiger partial charge in [0.15, 0.2) is 0 Å². The molecule has 2 atom stereocenters. The number of nitrogens with one attached hydrogen (secondary N) is 1. The summed E-state index contributed by atoms with van der Waals surface area (Å²) >= 11 is 6.28. The summed E-state index contributed by atoms with van der Waals surface area (Å²) in [6, 6.07) is 9.83. The molecule has 0 aliphatic heterocycles. The van der Waals surface area contributed by atoms with Crippen LogP contribution in [0.5, 0.6) is 0 Å². The molecule has 1 aliphatic rings. The standard InChI is InChI=1S/C15H20ClNO/c16-14-9-5-4-8-13(14)11-17-15(18)10-12-6-2-1-3-7-12/h1-3,6-7,13-14H,4-5,8-11H2,(H,17,18). The van der Waals surface area contributed by atoms with Crippen LogP contribution in [0.2, 0.25) is 0 Å². The first-order valence-electron chi connectivity index (χ1n) is 6.70. The van der Waals surface area contributed by atoms with Crippen LogP contribution in [0.1, 0.15) is 31.2 Å². The summed E-state index contributed by atoms with van der Waals surface area (Å²) < 4.78 is 0. The van der Waals surface area contributed by atoms with E-state index in [-0.39, 0.29) is 11.3 Å². The molecule has 0 radical (unpaired) electrons. The van der Waals surface area contributed by atoms with Crippen LogP contribution >= 0.6 is 11.6 Å². The third-order valence-corrected chi connectivity index (χ3v) is 4.16. The zero-order valence-electron chi connectivity index (χ0n) is 10.6. The minimum Gasteiger partial charge on any atom is -0.355 e. The first-order chi connectivity index (χ1) is 8.75. The Labute approximate surface area is 114 Å². The van der Waals surface area contributed by atoms with Crippen molar-refractivity contribution in [2.45, 2.75) is 37.5 Å². The molecule has 1 amide bonds. The van der Waals surface area contributed by atoms with Gasteiger partial charge in [-0.1, -0.05) is 43.2 Å². The number of hydrogen-bond donors (Lipinski definition) is 1. The Balaban J connectivity index is 1.74. The second-order valence-electron chi connectivity index (χ2n) is 5.03. The minimum atomic E-state index is 0.0932. The first-order valence-corrected chi connectivity index (χ1v) is 7.14. The molecule has 1 fully saturated rings. The predicted octanol–water partition coefficient (Wildman–Crippen LogP) is 3.14. The van der Waals surface area contributed by atoms with Gasteiger partial charge < -0.3 is 5.32 Å². The largest absolute Gasteiger partial charge is 0.355 e. The summed E-state index contributed by atoms with van der Waals surface area (Å²) in [6.07, 6.45) is 5.14. The normalized spacial score (nSPS) is 23.6. The summed E-state index contributed by atoms with van der Waals surface area (Å²) in [4.78, 5) is 11.8. The highest BCUT2D eigenvalue weighted by molar-refractivity contribution is 6.20. The molecule has 0 aromatic heterocycles. The Morgan fingerprint density at radius 1 is 1.22 bits per heavy atom. The van der Waals surface area contributed by atoms with Gasteiger partial charge in [0.1, 0.15) is 0 Å². The lowest BCUT2D eigenvalue weighted by atomic mass is 9.88. The molecule has 0 heterocycles. The van der Waals surface area contributed by atoms with Crippen molar-refractivity contribution in [1.29, 1.82) is 0 Å². The van der Waals surface area contributed by atoms with Gasteiger partial charge in [-0.15, -0.1) is 11.6 Å². The Kier molecular flexibility index (Phi) is 5.06. The van der Waals surface area contributed by atoms with Crippen LogP contribution in [0, 0.1) is 5.92 Å². The molecule has 1 saturated carbocycles. The Hall–Kier alpha value is -1.02. The van der Waals surface area contributed by atoms with Crippen molar-refractivity contribution in [3.8, 4) is 0 Å². The Morgan fingerprint density at radius 3 is 2.67 bits per heavy atom. The zero-order chi connectivity index (χ0) is 12.8. The highest BCUT2D eigenvalue weighted by Gasteiger charge is 2.23. The van der Waals surface area contributed by atoms with E-state index in [2.05, 4.69) is 5.32 Å². The zero-order valence-corrected chi connectivity index (χ0v) is 11.3. The maximum atomic E-state index is 11.8. The lowest BCUT2D eigenvalue weighted by Gasteiger charge is -2.27. The van der Waals surface area contributed by atoms with Crippen molar-refractivity contribution in [1.82, 2.24) is 5.32 Å². The SMILES string of the molecule is O=C(Cc1ccccc1)NCC1CCCCC1Cl. The van der Waals surface area contributed by atoms with Crippen LogP contribution in [-0.4, -0.2) is 17.8 Å². The van der Waals surface area contributed by atoms with E-state index in [0.29, 0.717) is 12.3 Å². The number of amides is 1. The Bertz CT molecular complexity index is 379. The van der Waals surface area contributed by atoms with E-state index in [0.717, 1.165) is 24.9 Å². The van der Waals surface area contributed by atoms with Gasteiger partial charge in [-0.2, -0.15) is 0 Å². The quantitative estimate of drug-likeness (QED) is 0.833. The fraction of sp³-hybridized carbons (Fsp3) is 0.533. The highest BCUT2D eigenvalue weighted by Crippen LogP contribution is 2.27. The summed E-state index contributed by atoms with van der Waals surface area (Å²) in [6.45, 7) is 0.722. The lowest BCUT2D eigenvalue weighted by Crippen LogP contribution is -2.35. The molecule has 3 heteroatoms. The number of benzene rings is 1. The average molecular weight is 266 g/mol. The van der Waals surface area contributed by atoms with E-state index in [9.17, 15) is 4.79 Å². The predicted molar refractivity (Wildman–Crippen MR) is 74.8 cm³/mol. The minimum absolute atomic E-state index is 0.0932. The molecular weight excluding hydrogens is 246 g/mol. The van der Waals surface area contributed by atoms with E-state index in [4.69, 9.17) is 11.6 Å². The topological polar surface area (TPSA) is 29.1 Å². The molecule has 1 aliphatic carbocycles. The van der Waals surface area contributed by atoms with Gasteiger partial charge in [0.2, 0.25) is 5.91 Å². The number of halogens is 1. The second-order valence-corrected chi connectivity index (χ2v) is 5.59. The summed E-state index contributed by atoms with van der Waals surface area (Å²) in [5.41, 5.74) is 1.06. The average Bonchev–Trinajstić information content (AvgIpc) is 2.39. The molecule has 2 nitrogen and oxygen atoms in total. The van der Waals surface area contributed by atoms with Gasteiger partial charge in [0.25, 0.3) is 0 Å². The molecule has 2 unspecified atom stereocenters. The number of carbonyl (C=O) groups is 1. The number of carbonyl (C=O) groups excluding carboxylic acids is 1. The lowest BCUT2D eigenvalue weighted by molar-refractivity contribution is -0.120. The number of rotatable bonds is 4. The van der Waals surface area contributed by atoms with E-state index >= 15 is 0 Å². The van der Waals surface area contributed by atoms with Crippen LogP contribution in [-0.2, 0) is 11.2 Å². The van der Waals surface area contributed by atoms with E-state index < -0.39 is 0 Å². The van der Waals surface area contributed by atoms with Crippen LogP contribution in [0.15, 0.2) is 30.3 Å². The summed E-state index contributed by atoms with van der Waals surface area (Å²) in [7, 11) is 0. The summed E-state index contributed by atoms with van der Waals surface area (Å²) in [5, 5.41) is 3.24. The van der Waals surface area contributed by atoms with Crippen LogP contribution < -0.4 is 5.32 Å². The maximum absolute atomic E-state index is 11.8. The van der Waals surface area contributed by atoms with Crippen molar-refractivity contribution in [3.63, 3.8) is 0 Å². The van der Waals surface area contributed by atoms with Crippen molar-refractivity contribution in [2.75, 3.05) is 6.54 Å². The maximum Gasteiger partial charge on any atom is 0.224 e. The van der Waals surface area contributed by atoms with Crippen molar-refractivity contribution in [3.05, 3.63) is 35.9 Å². The van der Waals surface area contributed by atoms with Gasteiger partial charge in [-0.25, -0.2) is 0 Å². The van der Waals surface area contributed by atoms with Crippen molar-refractivity contribution in [2.24, 2.45) is 5.92 Å². The molecule has 0 spiro atoms. The summed E-state index contributed by atoms with van der Waals surface area (Å²) in [5.74, 6) is 0.538. The molecular formula is C15H20ClNO. The third-order valence-electron chi connectivity index (χ3n) is 3.59. The second kappa shape index (κ2) is 6.79. The van der Waals surface area contributed by atoms with Gasteiger partial charge in [-0.05, 0) is 24.3 Å². The number of hydrogen-bond acceptors (Lipinski definition) is 1. The van der Waals surface area contributed by atoms with Crippen molar-refractivity contribution < 1.29 is 4.79 Å².